The van der Waals surface area contributed by atoms with Gasteiger partial charge in [0, 0.05) is 27.5 Å². The highest BCUT2D eigenvalue weighted by molar-refractivity contribution is 6.68. The largest absolute Gasteiger partial charge is 0.456 e. The topological polar surface area (TPSA) is 51.8 Å². The Hall–Kier alpha value is -5.55. The van der Waals surface area contributed by atoms with Crippen LogP contribution in [0.3, 0.4) is 0 Å². The zero-order valence-corrected chi connectivity index (χ0v) is 27.8. The third-order valence-corrected chi connectivity index (χ3v) is 9.94. The molecule has 9 heteroatoms. The van der Waals surface area contributed by atoms with E-state index in [1.54, 1.807) is 0 Å². The smallest absolute Gasteiger partial charge is 0.164 e. The normalized spacial score (nSPS) is 11.3. The van der Waals surface area contributed by atoms with Crippen LogP contribution in [-0.2, 0) is 0 Å². The average Bonchev–Trinajstić information content (AvgIpc) is 3.52. The van der Waals surface area contributed by atoms with Crippen LogP contribution in [0.2, 0.25) is 0 Å². The molecule has 8 rings (SSSR count). The predicted molar refractivity (Wildman–Crippen MR) is 215 cm³/mol. The molecule has 0 atom stereocenters. The Morgan fingerprint density at radius 2 is 0.896 bits per heavy atom. The van der Waals surface area contributed by atoms with Crippen LogP contribution in [0.15, 0.2) is 126 Å². The Kier molecular flexibility index (Phi) is 7.41. The predicted octanol–water partition coefficient (Wildman–Crippen LogP) is 1.40. The van der Waals surface area contributed by atoms with Gasteiger partial charge in [0.2, 0.25) is 0 Å². The molecule has 0 aliphatic rings. The summed E-state index contributed by atoms with van der Waals surface area (Å²) in [5, 5.41) is 2.04. The van der Waals surface area contributed by atoms with E-state index in [1.807, 2.05) is 48.5 Å². The second-order valence-electron chi connectivity index (χ2n) is 12.6. The zero-order chi connectivity index (χ0) is 32.9. The van der Waals surface area contributed by atoms with Crippen molar-refractivity contribution in [1.29, 1.82) is 0 Å². The molecule has 0 bridgehead atoms. The summed E-state index contributed by atoms with van der Waals surface area (Å²) in [5.41, 5.74) is 15.9. The number of furan rings is 1. The minimum atomic E-state index is 0.611. The Bertz CT molecular complexity index is 2470. The van der Waals surface area contributed by atoms with Crippen LogP contribution in [0.1, 0.15) is 0 Å². The van der Waals surface area contributed by atoms with Crippen LogP contribution < -0.4 is 27.3 Å². The van der Waals surface area contributed by atoms with Crippen LogP contribution in [0.5, 0.6) is 0 Å². The van der Waals surface area contributed by atoms with Crippen molar-refractivity contribution in [2.75, 3.05) is 0 Å². The molecule has 2 heterocycles. The lowest BCUT2D eigenvalue weighted by molar-refractivity contribution is 0.669. The van der Waals surface area contributed by atoms with Gasteiger partial charge >= 0.3 is 0 Å². The first-order chi connectivity index (χ1) is 23.4. The SMILES string of the molecule is Bc1c(B)c(B)c(-c2ccc3c(c2)oc2cccc(-c4nc(-c5ccccc5)nc(-c5ccc(-c6ccccc6)cc5)n4)c23)c(B)c1B. The van der Waals surface area contributed by atoms with Crippen molar-refractivity contribution >= 4 is 88.5 Å². The standard InChI is InChI=1S/C39H30B5N3O/c40-32-30(33(41)35(43)36(44)34(32)42)25-18-19-26-29(20-25)48-28-13-7-12-27(31(26)28)39-46-37(23-10-5-2-6-11-23)45-38(47-39)24-16-14-22(15-17-24)21-8-3-1-4-9-21/h1-20H,40-44H2. The first-order valence-electron chi connectivity index (χ1n) is 16.4. The van der Waals surface area contributed by atoms with Gasteiger partial charge in [-0.25, -0.2) is 15.0 Å². The summed E-state index contributed by atoms with van der Waals surface area (Å²) in [6, 6.07) is 41.6. The highest BCUT2D eigenvalue weighted by atomic mass is 16.3. The molecule has 0 aliphatic carbocycles. The Morgan fingerprint density at radius 1 is 0.396 bits per heavy atom. The lowest BCUT2D eigenvalue weighted by Crippen LogP contribution is -2.55. The second-order valence-corrected chi connectivity index (χ2v) is 12.6. The van der Waals surface area contributed by atoms with Crippen molar-refractivity contribution in [3.63, 3.8) is 0 Å². The van der Waals surface area contributed by atoms with Crippen molar-refractivity contribution in [1.82, 2.24) is 15.0 Å². The van der Waals surface area contributed by atoms with Gasteiger partial charge in [0.15, 0.2) is 17.5 Å². The summed E-state index contributed by atoms with van der Waals surface area (Å²) in [7, 11) is 11.1. The number of nitrogens with zero attached hydrogens (tertiary/aromatic N) is 3. The van der Waals surface area contributed by atoms with Crippen LogP contribution in [0, 0.1) is 0 Å². The maximum Gasteiger partial charge on any atom is 0.164 e. The Labute approximate surface area is 284 Å². The molecule has 2 aromatic heterocycles. The van der Waals surface area contributed by atoms with Crippen LogP contribution in [-0.4, -0.2) is 54.2 Å². The molecule has 0 saturated heterocycles. The molecule has 222 valence electrons. The van der Waals surface area contributed by atoms with Crippen molar-refractivity contribution < 1.29 is 4.42 Å². The fourth-order valence-corrected chi connectivity index (χ4v) is 6.88. The molecule has 4 nitrogen and oxygen atoms in total. The van der Waals surface area contributed by atoms with Gasteiger partial charge < -0.3 is 4.42 Å². The van der Waals surface area contributed by atoms with Crippen molar-refractivity contribution in [2.24, 2.45) is 0 Å². The van der Waals surface area contributed by atoms with Gasteiger partial charge in [-0.15, -0.1) is 16.4 Å². The summed E-state index contributed by atoms with van der Waals surface area (Å²) in [6.45, 7) is 0. The molecular formula is C39H30B5N3O. The quantitative estimate of drug-likeness (QED) is 0.277. The van der Waals surface area contributed by atoms with E-state index < -0.39 is 0 Å². The summed E-state index contributed by atoms with van der Waals surface area (Å²) in [5.74, 6) is 1.87. The minimum Gasteiger partial charge on any atom is -0.456 e. The van der Waals surface area contributed by atoms with Gasteiger partial charge in [-0.3, -0.25) is 0 Å². The van der Waals surface area contributed by atoms with Crippen molar-refractivity contribution in [2.45, 2.75) is 0 Å². The number of rotatable bonds is 5. The highest BCUT2D eigenvalue weighted by Gasteiger charge is 2.19. The van der Waals surface area contributed by atoms with E-state index in [1.165, 1.54) is 38.4 Å². The molecule has 0 amide bonds. The molecule has 0 radical (unpaired) electrons. The van der Waals surface area contributed by atoms with E-state index in [0.29, 0.717) is 17.5 Å². The molecule has 48 heavy (non-hydrogen) atoms. The minimum absolute atomic E-state index is 0.611. The molecule has 0 aliphatic heterocycles. The van der Waals surface area contributed by atoms with E-state index in [9.17, 15) is 0 Å². The number of benzene rings is 6. The lowest BCUT2D eigenvalue weighted by Gasteiger charge is -2.20. The van der Waals surface area contributed by atoms with Gasteiger partial charge in [-0.2, -0.15) is 0 Å². The maximum absolute atomic E-state index is 6.55. The molecular weight excluding hydrogens is 581 g/mol. The number of aromatic nitrogens is 3. The van der Waals surface area contributed by atoms with E-state index >= 15 is 0 Å². The van der Waals surface area contributed by atoms with E-state index in [-0.39, 0.29) is 0 Å². The van der Waals surface area contributed by atoms with E-state index in [0.717, 1.165) is 49.8 Å². The summed E-state index contributed by atoms with van der Waals surface area (Å²) < 4.78 is 6.55. The second kappa shape index (κ2) is 11.9. The van der Waals surface area contributed by atoms with Crippen molar-refractivity contribution in [3.8, 4) is 56.4 Å². The first kappa shape index (κ1) is 29.8. The third kappa shape index (κ3) is 5.07. The Morgan fingerprint density at radius 3 is 1.54 bits per heavy atom. The van der Waals surface area contributed by atoms with Crippen LogP contribution in [0.4, 0.5) is 0 Å². The summed E-state index contributed by atoms with van der Waals surface area (Å²) in [4.78, 5) is 15.1. The lowest BCUT2D eigenvalue weighted by atomic mass is 9.59. The van der Waals surface area contributed by atoms with Crippen molar-refractivity contribution in [3.05, 3.63) is 121 Å². The Balaban J connectivity index is 1.29. The number of hydrogen-bond donors (Lipinski definition) is 0. The summed E-state index contributed by atoms with van der Waals surface area (Å²) in [6.07, 6.45) is 0. The maximum atomic E-state index is 6.55. The molecule has 0 unspecified atom stereocenters. The molecule has 0 saturated carbocycles. The van der Waals surface area contributed by atoms with Gasteiger partial charge in [-0.05, 0) is 40.5 Å². The van der Waals surface area contributed by atoms with Gasteiger partial charge in [0.1, 0.15) is 50.4 Å². The molecule has 0 fully saturated rings. The fourth-order valence-electron chi connectivity index (χ4n) is 6.88. The van der Waals surface area contributed by atoms with E-state index in [2.05, 4.69) is 112 Å². The first-order valence-corrected chi connectivity index (χ1v) is 16.4. The van der Waals surface area contributed by atoms with Gasteiger partial charge in [0.25, 0.3) is 0 Å². The number of fused-ring (bicyclic) bond motifs is 3. The monoisotopic (exact) mass is 611 g/mol. The van der Waals surface area contributed by atoms with E-state index in [4.69, 9.17) is 19.4 Å². The van der Waals surface area contributed by atoms with Gasteiger partial charge in [-0.1, -0.05) is 114 Å². The molecule has 6 aromatic carbocycles. The van der Waals surface area contributed by atoms with Crippen LogP contribution >= 0.6 is 0 Å². The zero-order valence-electron chi connectivity index (χ0n) is 27.8. The molecule has 8 aromatic rings. The fraction of sp³-hybridized carbons (Fsp3) is 0. The third-order valence-electron chi connectivity index (χ3n) is 9.94. The summed E-state index contributed by atoms with van der Waals surface area (Å²) >= 11 is 0. The van der Waals surface area contributed by atoms with Gasteiger partial charge in [0.05, 0.1) is 0 Å². The average molecular weight is 611 g/mol. The molecule has 0 spiro atoms. The highest BCUT2D eigenvalue weighted by Crippen LogP contribution is 2.38. The van der Waals surface area contributed by atoms with Crippen LogP contribution in [0.25, 0.3) is 78.4 Å². The molecule has 0 N–H and O–H groups in total. The number of hydrogen-bond acceptors (Lipinski definition) is 4.